The van der Waals surface area contributed by atoms with Crippen LogP contribution in [0.3, 0.4) is 0 Å². The molecule has 15 heavy (non-hydrogen) atoms. The summed E-state index contributed by atoms with van der Waals surface area (Å²) in [6, 6.07) is 3.64. The van der Waals surface area contributed by atoms with E-state index in [-0.39, 0.29) is 5.92 Å². The van der Waals surface area contributed by atoms with Crippen molar-refractivity contribution in [1.29, 1.82) is 0 Å². The average molecular weight is 325 g/mol. The molecule has 0 amide bonds. The molecule has 0 fully saturated rings. The van der Waals surface area contributed by atoms with Crippen LogP contribution in [-0.4, -0.2) is 0 Å². The average Bonchev–Trinajstić information content (AvgIpc) is 2.15. The number of rotatable bonds is 2. The van der Waals surface area contributed by atoms with Gasteiger partial charge >= 0.3 is 6.18 Å². The Balaban J connectivity index is 3.22. The Morgan fingerprint density at radius 3 is 2.40 bits per heavy atom. The first kappa shape index (κ1) is 12.5. The number of allylic oxidation sites excluding steroid dienone is 1. The molecule has 81 valence electrons. The normalized spacial score (nSPS) is 13.7. The summed E-state index contributed by atoms with van der Waals surface area (Å²) in [6.45, 7) is 7.24. The molecule has 1 atom stereocenters. The Hall–Kier alpha value is -0.520. The van der Waals surface area contributed by atoms with E-state index in [0.29, 0.717) is 5.56 Å². The number of benzene rings is 1. The predicted molar refractivity (Wildman–Crippen MR) is 62.5 cm³/mol. The van der Waals surface area contributed by atoms with Crippen molar-refractivity contribution in [3.8, 4) is 0 Å². The van der Waals surface area contributed by atoms with Crippen LogP contribution in [0, 0.1) is 10.5 Å². The van der Waals surface area contributed by atoms with E-state index in [1.54, 1.807) is 0 Å². The molecule has 0 bridgehead atoms. The number of alkyl halides is 3. The van der Waals surface area contributed by atoms with Crippen molar-refractivity contribution >= 4 is 22.6 Å². The molecule has 1 aromatic rings. The van der Waals surface area contributed by atoms with Gasteiger partial charge in [-0.2, -0.15) is 13.2 Å². The zero-order valence-electron chi connectivity index (χ0n) is 7.81. The molecule has 4 heteroatoms. The summed E-state index contributed by atoms with van der Waals surface area (Å²) in [6.07, 6.45) is -2.78. The van der Waals surface area contributed by atoms with Crippen molar-refractivity contribution in [3.05, 3.63) is 52.5 Å². The second-order valence-corrected chi connectivity index (χ2v) is 4.24. The fraction of sp³-hybridized carbons (Fsp3) is 0.182. The molecule has 1 aromatic carbocycles. The second-order valence-electron chi connectivity index (χ2n) is 3.08. The first-order chi connectivity index (χ1) is 6.86. The topological polar surface area (TPSA) is 0 Å². The Kier molecular flexibility index (Phi) is 3.81. The maximum absolute atomic E-state index is 12.4. The molecule has 0 spiro atoms. The SMILES string of the molecule is [CH2]C(C=C)c1cc(C(F)(F)F)ccc1I. The van der Waals surface area contributed by atoms with E-state index in [4.69, 9.17) is 0 Å². The summed E-state index contributed by atoms with van der Waals surface area (Å²) in [7, 11) is 0. The first-order valence-electron chi connectivity index (χ1n) is 4.18. The lowest BCUT2D eigenvalue weighted by Crippen LogP contribution is -2.06. The summed E-state index contributed by atoms with van der Waals surface area (Å²) in [5.41, 5.74) is -0.0890. The predicted octanol–water partition coefficient (Wildman–Crippen LogP) is 4.41. The van der Waals surface area contributed by atoms with Crippen LogP contribution in [0.25, 0.3) is 0 Å². The van der Waals surface area contributed by atoms with Gasteiger partial charge in [0.15, 0.2) is 0 Å². The van der Waals surface area contributed by atoms with E-state index in [1.165, 1.54) is 12.1 Å². The third kappa shape index (κ3) is 2.96. The van der Waals surface area contributed by atoms with Crippen LogP contribution < -0.4 is 0 Å². The van der Waals surface area contributed by atoms with Crippen molar-refractivity contribution in [2.75, 3.05) is 0 Å². The lowest BCUT2D eigenvalue weighted by atomic mass is 9.99. The van der Waals surface area contributed by atoms with Gasteiger partial charge in [0.2, 0.25) is 0 Å². The third-order valence-electron chi connectivity index (χ3n) is 2.01. The van der Waals surface area contributed by atoms with Gasteiger partial charge in [-0.25, -0.2) is 0 Å². The summed E-state index contributed by atoms with van der Waals surface area (Å²) < 4.78 is 38.0. The monoisotopic (exact) mass is 325 g/mol. The van der Waals surface area contributed by atoms with Crippen LogP contribution in [0.15, 0.2) is 30.9 Å². The van der Waals surface area contributed by atoms with Gasteiger partial charge < -0.3 is 0 Å². The molecule has 1 radical (unpaired) electrons. The molecule has 0 saturated carbocycles. The fourth-order valence-electron chi connectivity index (χ4n) is 1.13. The molecule has 0 saturated heterocycles. The third-order valence-corrected chi connectivity index (χ3v) is 2.99. The van der Waals surface area contributed by atoms with Gasteiger partial charge in [-0.1, -0.05) is 6.08 Å². The molecule has 0 heterocycles. The fourth-order valence-corrected chi connectivity index (χ4v) is 1.87. The number of hydrogen-bond donors (Lipinski definition) is 0. The Morgan fingerprint density at radius 2 is 1.93 bits per heavy atom. The molecule has 0 aliphatic rings. The van der Waals surface area contributed by atoms with E-state index in [1.807, 2.05) is 22.6 Å². The maximum atomic E-state index is 12.4. The van der Waals surface area contributed by atoms with Crippen molar-refractivity contribution < 1.29 is 13.2 Å². The molecule has 1 rings (SSSR count). The van der Waals surface area contributed by atoms with Gasteiger partial charge in [-0.05, 0) is 53.3 Å². The Morgan fingerprint density at radius 1 is 1.33 bits per heavy atom. The van der Waals surface area contributed by atoms with Gasteiger partial charge in [0, 0.05) is 9.49 Å². The van der Waals surface area contributed by atoms with E-state index in [2.05, 4.69) is 13.5 Å². The molecule has 0 aromatic heterocycles. The lowest BCUT2D eigenvalue weighted by Gasteiger charge is -2.13. The molecule has 0 nitrogen and oxygen atoms in total. The van der Waals surface area contributed by atoms with E-state index in [0.717, 1.165) is 15.7 Å². The minimum Gasteiger partial charge on any atom is -0.166 e. The highest BCUT2D eigenvalue weighted by Crippen LogP contribution is 2.33. The van der Waals surface area contributed by atoms with E-state index < -0.39 is 11.7 Å². The van der Waals surface area contributed by atoms with Crippen LogP contribution in [0.4, 0.5) is 13.2 Å². The molecule has 0 aliphatic heterocycles. The molecular formula is C11H9F3I. The van der Waals surface area contributed by atoms with Crippen molar-refractivity contribution in [2.24, 2.45) is 0 Å². The van der Waals surface area contributed by atoms with E-state index >= 15 is 0 Å². The van der Waals surface area contributed by atoms with Gasteiger partial charge in [-0.15, -0.1) is 6.58 Å². The minimum atomic E-state index is -4.31. The first-order valence-corrected chi connectivity index (χ1v) is 5.26. The van der Waals surface area contributed by atoms with Crippen LogP contribution in [-0.2, 0) is 6.18 Å². The van der Waals surface area contributed by atoms with E-state index in [9.17, 15) is 13.2 Å². The van der Waals surface area contributed by atoms with Crippen LogP contribution in [0.1, 0.15) is 17.0 Å². The number of hydrogen-bond acceptors (Lipinski definition) is 0. The second kappa shape index (κ2) is 4.55. The minimum absolute atomic E-state index is 0.320. The molecule has 0 aliphatic carbocycles. The highest BCUT2D eigenvalue weighted by atomic mass is 127. The van der Waals surface area contributed by atoms with Gasteiger partial charge in [0.05, 0.1) is 5.56 Å². The van der Waals surface area contributed by atoms with Crippen molar-refractivity contribution in [2.45, 2.75) is 12.1 Å². The lowest BCUT2D eigenvalue weighted by molar-refractivity contribution is -0.137. The van der Waals surface area contributed by atoms with Crippen molar-refractivity contribution in [3.63, 3.8) is 0 Å². The summed E-state index contributed by atoms with van der Waals surface area (Å²) in [5.74, 6) is -0.320. The maximum Gasteiger partial charge on any atom is 0.416 e. The van der Waals surface area contributed by atoms with Gasteiger partial charge in [0.1, 0.15) is 0 Å². The Bertz CT molecular complexity index is 369. The smallest absolute Gasteiger partial charge is 0.166 e. The highest BCUT2D eigenvalue weighted by molar-refractivity contribution is 14.1. The summed E-state index contributed by atoms with van der Waals surface area (Å²) in [4.78, 5) is 0. The molecule has 1 unspecified atom stereocenters. The summed E-state index contributed by atoms with van der Waals surface area (Å²) in [5, 5.41) is 0. The quantitative estimate of drug-likeness (QED) is 0.558. The Labute approximate surface area is 100 Å². The summed E-state index contributed by atoms with van der Waals surface area (Å²) >= 11 is 1.99. The largest absolute Gasteiger partial charge is 0.416 e. The zero-order valence-corrected chi connectivity index (χ0v) is 9.97. The number of halogens is 4. The van der Waals surface area contributed by atoms with Gasteiger partial charge in [0.25, 0.3) is 0 Å². The highest BCUT2D eigenvalue weighted by Gasteiger charge is 2.31. The standard InChI is InChI=1S/C11H9F3I/c1-3-7(2)9-6-8(11(12,13)14)4-5-10(9)15/h3-7H,1-2H2. The van der Waals surface area contributed by atoms with Crippen molar-refractivity contribution in [1.82, 2.24) is 0 Å². The van der Waals surface area contributed by atoms with Crippen LogP contribution in [0.2, 0.25) is 0 Å². The van der Waals surface area contributed by atoms with Gasteiger partial charge in [-0.3, -0.25) is 0 Å². The molecule has 0 N–H and O–H groups in total. The molecular weight excluding hydrogens is 316 g/mol. The van der Waals surface area contributed by atoms with Crippen LogP contribution >= 0.6 is 22.6 Å². The zero-order chi connectivity index (χ0) is 11.6. The van der Waals surface area contributed by atoms with Crippen LogP contribution in [0.5, 0.6) is 0 Å².